The van der Waals surface area contributed by atoms with Crippen LogP contribution in [-0.4, -0.2) is 30.3 Å². The average Bonchev–Trinajstić information content (AvgIpc) is 3.61. The standard InChI is InChI=1S/C47H41N3O5S2/c1-2-55-47(54)41-38-27-26-35(32-18-9-4-10-19-32)29-40(38)57-46(41)50-45(53)42(33-20-11-5-12-21-33)56-37-25-15-24-36(30-37)48-44(52)39(28-31-16-7-3-8-17-31)49-43(51)34-22-13-6-14-23-34/h3-25,28,30,35,42H,2,26-27,29H2,1H3,(H,48,52)(H,49,51)(H,50,53)/b39-28-. The first-order chi connectivity index (χ1) is 27.9. The minimum Gasteiger partial charge on any atom is -0.462 e. The van der Waals surface area contributed by atoms with Gasteiger partial charge in [0.1, 0.15) is 15.9 Å². The molecule has 0 bridgehead atoms. The van der Waals surface area contributed by atoms with Gasteiger partial charge in [0.15, 0.2) is 0 Å². The second-order valence-electron chi connectivity index (χ2n) is 13.4. The maximum absolute atomic E-state index is 14.4. The first-order valence-electron chi connectivity index (χ1n) is 18.8. The zero-order valence-electron chi connectivity index (χ0n) is 31.3. The Morgan fingerprint density at radius 3 is 2.18 bits per heavy atom. The van der Waals surface area contributed by atoms with Crippen molar-refractivity contribution in [1.82, 2.24) is 5.32 Å². The molecule has 1 aromatic heterocycles. The van der Waals surface area contributed by atoms with Crippen LogP contribution in [0.5, 0.6) is 0 Å². The predicted octanol–water partition coefficient (Wildman–Crippen LogP) is 10.1. The Kier molecular flexibility index (Phi) is 12.7. The van der Waals surface area contributed by atoms with Crippen molar-refractivity contribution in [3.8, 4) is 0 Å². The van der Waals surface area contributed by atoms with Crippen LogP contribution in [0.15, 0.2) is 156 Å². The molecular formula is C47H41N3O5S2. The van der Waals surface area contributed by atoms with Crippen molar-refractivity contribution < 1.29 is 23.9 Å². The van der Waals surface area contributed by atoms with Crippen molar-refractivity contribution in [3.05, 3.63) is 190 Å². The maximum atomic E-state index is 14.4. The van der Waals surface area contributed by atoms with Crippen molar-refractivity contribution in [2.45, 2.75) is 42.2 Å². The molecule has 1 aliphatic rings. The van der Waals surface area contributed by atoms with Gasteiger partial charge in [0.05, 0.1) is 12.2 Å². The van der Waals surface area contributed by atoms with Crippen LogP contribution in [-0.2, 0) is 27.2 Å². The average molecular weight is 792 g/mol. The lowest BCUT2D eigenvalue weighted by molar-refractivity contribution is -0.116. The number of thiophene rings is 1. The second-order valence-corrected chi connectivity index (χ2v) is 15.7. The van der Waals surface area contributed by atoms with Crippen LogP contribution >= 0.6 is 23.1 Å². The number of hydrogen-bond donors (Lipinski definition) is 3. The normalized spacial score (nSPS) is 14.1. The van der Waals surface area contributed by atoms with Gasteiger partial charge in [-0.05, 0) is 90.8 Å². The Bertz CT molecular complexity index is 2380. The van der Waals surface area contributed by atoms with E-state index >= 15 is 0 Å². The molecule has 7 rings (SSSR count). The van der Waals surface area contributed by atoms with E-state index in [1.54, 1.807) is 55.5 Å². The second kappa shape index (κ2) is 18.6. The molecule has 0 fully saturated rings. The third kappa shape index (κ3) is 9.78. The molecule has 0 saturated carbocycles. The van der Waals surface area contributed by atoms with Crippen LogP contribution in [0.1, 0.15) is 72.4 Å². The molecule has 0 aliphatic heterocycles. The summed E-state index contributed by atoms with van der Waals surface area (Å²) in [6.45, 7) is 2.00. The van der Waals surface area contributed by atoms with E-state index < -0.39 is 23.0 Å². The quantitative estimate of drug-likeness (QED) is 0.0610. The number of fused-ring (bicyclic) bond motifs is 1. The number of carbonyl (C=O) groups excluding carboxylic acids is 4. The van der Waals surface area contributed by atoms with Crippen molar-refractivity contribution in [1.29, 1.82) is 0 Å². The van der Waals surface area contributed by atoms with Gasteiger partial charge in [0, 0.05) is 21.0 Å². The van der Waals surface area contributed by atoms with Gasteiger partial charge in [0.25, 0.3) is 11.8 Å². The van der Waals surface area contributed by atoms with E-state index in [0.717, 1.165) is 39.3 Å². The van der Waals surface area contributed by atoms with E-state index in [9.17, 15) is 19.2 Å². The van der Waals surface area contributed by atoms with E-state index in [1.807, 2.05) is 91.0 Å². The number of nitrogens with one attached hydrogen (secondary N) is 3. The van der Waals surface area contributed by atoms with Crippen molar-refractivity contribution >= 4 is 63.6 Å². The largest absolute Gasteiger partial charge is 0.462 e. The Morgan fingerprint density at radius 1 is 0.807 bits per heavy atom. The number of ether oxygens (including phenoxy) is 1. The molecular weight excluding hydrogens is 751 g/mol. The molecule has 2 unspecified atom stereocenters. The molecule has 2 atom stereocenters. The van der Waals surface area contributed by atoms with Gasteiger partial charge in [-0.25, -0.2) is 4.79 Å². The van der Waals surface area contributed by atoms with E-state index in [4.69, 9.17) is 4.74 Å². The minimum absolute atomic E-state index is 0.0702. The number of benzene rings is 5. The van der Waals surface area contributed by atoms with Gasteiger partial charge in [-0.15, -0.1) is 23.1 Å². The molecule has 5 aromatic carbocycles. The molecule has 57 heavy (non-hydrogen) atoms. The Hall–Kier alpha value is -6.23. The molecule has 10 heteroatoms. The van der Waals surface area contributed by atoms with E-state index in [2.05, 4.69) is 28.1 Å². The summed E-state index contributed by atoms with van der Waals surface area (Å²) in [5, 5.41) is 8.63. The maximum Gasteiger partial charge on any atom is 0.341 e. The number of carbonyl (C=O) groups is 4. The number of rotatable bonds is 13. The predicted molar refractivity (Wildman–Crippen MR) is 229 cm³/mol. The third-order valence-corrected chi connectivity index (χ3v) is 12.0. The topological polar surface area (TPSA) is 114 Å². The Morgan fingerprint density at radius 2 is 1.47 bits per heavy atom. The summed E-state index contributed by atoms with van der Waals surface area (Å²) in [6, 6.07) is 45.0. The zero-order valence-corrected chi connectivity index (χ0v) is 32.9. The van der Waals surface area contributed by atoms with E-state index in [-0.39, 0.29) is 18.2 Å². The van der Waals surface area contributed by atoms with E-state index in [0.29, 0.717) is 34.2 Å². The third-order valence-electron chi connectivity index (χ3n) is 9.58. The molecule has 3 N–H and O–H groups in total. The molecule has 1 aliphatic carbocycles. The van der Waals surface area contributed by atoms with Gasteiger partial charge < -0.3 is 20.7 Å². The summed E-state index contributed by atoms with van der Waals surface area (Å²) in [6.07, 6.45) is 4.01. The van der Waals surface area contributed by atoms with Gasteiger partial charge in [-0.1, -0.05) is 115 Å². The minimum atomic E-state index is -0.706. The summed E-state index contributed by atoms with van der Waals surface area (Å²) >= 11 is 2.78. The highest BCUT2D eigenvalue weighted by atomic mass is 32.2. The Labute approximate surface area is 340 Å². The fourth-order valence-electron chi connectivity index (χ4n) is 6.82. The highest BCUT2D eigenvalue weighted by Gasteiger charge is 2.32. The molecule has 8 nitrogen and oxygen atoms in total. The SMILES string of the molecule is CCOC(=O)c1c(NC(=O)C(Sc2cccc(NC(=O)/C(=C/c3ccccc3)NC(=O)c3ccccc3)c2)c2ccccc2)sc2c1CCC(c1ccccc1)C2. The van der Waals surface area contributed by atoms with Crippen LogP contribution in [0, 0.1) is 0 Å². The smallest absolute Gasteiger partial charge is 0.341 e. The summed E-state index contributed by atoms with van der Waals surface area (Å²) < 4.78 is 5.51. The lowest BCUT2D eigenvalue weighted by Crippen LogP contribution is -2.30. The molecule has 0 radical (unpaired) electrons. The summed E-state index contributed by atoms with van der Waals surface area (Å²) in [4.78, 5) is 56.5. The van der Waals surface area contributed by atoms with Gasteiger partial charge in [-0.2, -0.15) is 0 Å². The Balaban J connectivity index is 1.13. The van der Waals surface area contributed by atoms with Crippen LogP contribution < -0.4 is 16.0 Å². The number of hydrogen-bond acceptors (Lipinski definition) is 7. The van der Waals surface area contributed by atoms with Gasteiger partial charge in [0.2, 0.25) is 5.91 Å². The highest BCUT2D eigenvalue weighted by Crippen LogP contribution is 2.44. The van der Waals surface area contributed by atoms with Crippen molar-refractivity contribution in [2.24, 2.45) is 0 Å². The van der Waals surface area contributed by atoms with Gasteiger partial charge in [-0.3, -0.25) is 14.4 Å². The summed E-state index contributed by atoms with van der Waals surface area (Å²) in [5.74, 6) is -1.33. The number of thioether (sulfide) groups is 1. The first-order valence-corrected chi connectivity index (χ1v) is 20.5. The lowest BCUT2D eigenvalue weighted by Gasteiger charge is -2.23. The summed E-state index contributed by atoms with van der Waals surface area (Å²) in [7, 11) is 0. The molecule has 3 amide bonds. The van der Waals surface area contributed by atoms with Crippen LogP contribution in [0.2, 0.25) is 0 Å². The fourth-order valence-corrected chi connectivity index (χ4v) is 9.22. The monoisotopic (exact) mass is 791 g/mol. The molecule has 6 aromatic rings. The van der Waals surface area contributed by atoms with Crippen molar-refractivity contribution in [2.75, 3.05) is 17.2 Å². The van der Waals surface area contributed by atoms with Crippen LogP contribution in [0.25, 0.3) is 6.08 Å². The van der Waals surface area contributed by atoms with E-state index in [1.165, 1.54) is 28.7 Å². The number of amides is 3. The number of anilines is 2. The molecule has 286 valence electrons. The molecule has 1 heterocycles. The van der Waals surface area contributed by atoms with Crippen LogP contribution in [0.4, 0.5) is 10.7 Å². The molecule has 0 spiro atoms. The zero-order chi connectivity index (χ0) is 39.6. The summed E-state index contributed by atoms with van der Waals surface area (Å²) in [5.41, 5.74) is 5.14. The lowest BCUT2D eigenvalue weighted by atomic mass is 9.83. The number of esters is 1. The molecule has 0 saturated heterocycles. The fraction of sp³-hybridized carbons (Fsp3) is 0.149. The van der Waals surface area contributed by atoms with Gasteiger partial charge >= 0.3 is 5.97 Å². The van der Waals surface area contributed by atoms with Crippen molar-refractivity contribution in [3.63, 3.8) is 0 Å². The first kappa shape index (κ1) is 39.0. The van der Waals surface area contributed by atoms with Crippen LogP contribution in [0.3, 0.4) is 0 Å². The highest BCUT2D eigenvalue weighted by molar-refractivity contribution is 8.00.